The maximum Gasteiger partial charge on any atom is 0.195 e. The third-order valence-corrected chi connectivity index (χ3v) is 6.29. The first-order chi connectivity index (χ1) is 19.2. The molecule has 3 N–H and O–H groups in total. The number of benzene rings is 2. The van der Waals surface area contributed by atoms with Crippen LogP contribution in [0.2, 0.25) is 0 Å². The standard InChI is InChI=1S/C29H37N5.3C2H6/c1-8-24-11-9-10-12-25(24)17-33-29(30)34(7)23(6)27-15-19(2)14-26(22(27)5)18-32-28-21(4)13-20(3)16-31-28;3*1-2/h9-16H,6,8,17-18H2,1-5,7H3,(H2,30,33)(H,31,32);3*1-2H3. The van der Waals surface area contributed by atoms with Crippen LogP contribution >= 0.6 is 0 Å². The van der Waals surface area contributed by atoms with Crippen molar-refractivity contribution in [3.63, 3.8) is 0 Å². The Morgan fingerprint density at radius 1 is 0.900 bits per heavy atom. The molecular formula is C35H55N5. The zero-order valence-electron chi connectivity index (χ0n) is 27.4. The van der Waals surface area contributed by atoms with E-state index < -0.39 is 0 Å². The zero-order chi connectivity index (χ0) is 30.8. The molecule has 0 aliphatic carbocycles. The number of aliphatic imine (C=N–C) groups is 1. The molecule has 40 heavy (non-hydrogen) atoms. The molecule has 0 atom stereocenters. The number of aromatic nitrogens is 1. The number of pyridine rings is 1. The normalized spacial score (nSPS) is 10.2. The van der Waals surface area contributed by atoms with E-state index in [4.69, 9.17) is 5.73 Å². The predicted molar refractivity (Wildman–Crippen MR) is 179 cm³/mol. The molecular weight excluding hydrogens is 490 g/mol. The molecule has 0 aliphatic heterocycles. The van der Waals surface area contributed by atoms with E-state index in [0.29, 0.717) is 19.0 Å². The van der Waals surface area contributed by atoms with Crippen LogP contribution in [0.1, 0.15) is 93.0 Å². The van der Waals surface area contributed by atoms with Crippen LogP contribution in [0.25, 0.3) is 5.70 Å². The maximum atomic E-state index is 6.38. The molecule has 3 aromatic rings. The number of nitrogens with one attached hydrogen (secondary N) is 1. The summed E-state index contributed by atoms with van der Waals surface area (Å²) < 4.78 is 0. The number of aryl methyl sites for hydroxylation is 4. The Balaban J connectivity index is 0.00000237. The molecule has 1 aromatic heterocycles. The van der Waals surface area contributed by atoms with Crippen molar-refractivity contribution in [2.75, 3.05) is 12.4 Å². The van der Waals surface area contributed by atoms with Crippen LogP contribution in [-0.2, 0) is 19.5 Å². The summed E-state index contributed by atoms with van der Waals surface area (Å²) in [5.41, 5.74) is 16.6. The van der Waals surface area contributed by atoms with Crippen LogP contribution in [0.3, 0.4) is 0 Å². The molecule has 220 valence electrons. The van der Waals surface area contributed by atoms with E-state index >= 15 is 0 Å². The van der Waals surface area contributed by atoms with Crippen LogP contribution in [-0.4, -0.2) is 22.9 Å². The Labute approximate surface area is 245 Å². The third kappa shape index (κ3) is 10.5. The van der Waals surface area contributed by atoms with Crippen LogP contribution < -0.4 is 11.1 Å². The van der Waals surface area contributed by atoms with Gasteiger partial charge in [-0.05, 0) is 73.6 Å². The van der Waals surface area contributed by atoms with E-state index in [1.807, 2.05) is 65.8 Å². The number of hydrogen-bond acceptors (Lipinski definition) is 3. The van der Waals surface area contributed by atoms with Crippen molar-refractivity contribution >= 4 is 17.5 Å². The van der Waals surface area contributed by atoms with Crippen LogP contribution in [0.5, 0.6) is 0 Å². The minimum absolute atomic E-state index is 0.455. The van der Waals surface area contributed by atoms with Crippen molar-refractivity contribution in [2.24, 2.45) is 10.7 Å². The SMILES string of the molecule is C=C(c1cc(C)cc(CNc2ncc(C)cc2C)c1C)N(C)C(N)=NCc1ccccc1CC.CC.CC.CC. The summed E-state index contributed by atoms with van der Waals surface area (Å²) in [6, 6.07) is 14.9. The highest BCUT2D eigenvalue weighted by molar-refractivity contribution is 5.88. The van der Waals surface area contributed by atoms with Crippen LogP contribution in [0, 0.1) is 27.7 Å². The lowest BCUT2D eigenvalue weighted by Crippen LogP contribution is -2.32. The lowest BCUT2D eigenvalue weighted by Gasteiger charge is -2.24. The van der Waals surface area contributed by atoms with Gasteiger partial charge >= 0.3 is 0 Å². The molecule has 0 saturated carbocycles. The highest BCUT2D eigenvalue weighted by Crippen LogP contribution is 2.26. The molecule has 0 fully saturated rings. The van der Waals surface area contributed by atoms with Crippen LogP contribution in [0.15, 0.2) is 60.2 Å². The number of guanidine groups is 1. The van der Waals surface area contributed by atoms with E-state index in [1.165, 1.54) is 27.8 Å². The molecule has 0 aliphatic rings. The first-order valence-electron chi connectivity index (χ1n) is 14.8. The molecule has 0 spiro atoms. The fourth-order valence-electron chi connectivity index (χ4n) is 4.14. The molecule has 0 amide bonds. The number of rotatable bonds is 8. The lowest BCUT2D eigenvalue weighted by molar-refractivity contribution is 0.699. The van der Waals surface area contributed by atoms with Crippen molar-refractivity contribution in [1.82, 2.24) is 9.88 Å². The highest BCUT2D eigenvalue weighted by Gasteiger charge is 2.15. The smallest absolute Gasteiger partial charge is 0.195 e. The number of nitrogens with zero attached hydrogens (tertiary/aromatic N) is 3. The van der Waals surface area contributed by atoms with Crippen LogP contribution in [0.4, 0.5) is 5.82 Å². The van der Waals surface area contributed by atoms with E-state index in [1.54, 1.807) is 0 Å². The van der Waals surface area contributed by atoms with Crippen molar-refractivity contribution in [3.8, 4) is 0 Å². The second kappa shape index (κ2) is 19.5. The summed E-state index contributed by atoms with van der Waals surface area (Å²) in [6.45, 7) is 28.1. The summed E-state index contributed by atoms with van der Waals surface area (Å²) in [6.07, 6.45) is 2.87. The van der Waals surface area contributed by atoms with Gasteiger partial charge < -0.3 is 16.0 Å². The second-order valence-electron chi connectivity index (χ2n) is 8.93. The van der Waals surface area contributed by atoms with Gasteiger partial charge in [0.05, 0.1) is 6.54 Å². The maximum absolute atomic E-state index is 6.38. The van der Waals surface area contributed by atoms with Gasteiger partial charge in [-0.3, -0.25) is 0 Å². The van der Waals surface area contributed by atoms with Gasteiger partial charge in [-0.2, -0.15) is 0 Å². The second-order valence-corrected chi connectivity index (χ2v) is 8.93. The molecule has 3 rings (SSSR count). The molecule has 2 aromatic carbocycles. The number of hydrogen-bond donors (Lipinski definition) is 2. The minimum Gasteiger partial charge on any atom is -0.370 e. The van der Waals surface area contributed by atoms with Gasteiger partial charge in [-0.15, -0.1) is 0 Å². The Morgan fingerprint density at radius 3 is 2.08 bits per heavy atom. The van der Waals surface area contributed by atoms with E-state index in [2.05, 4.69) is 92.9 Å². The number of anilines is 1. The topological polar surface area (TPSA) is 66.5 Å². The Bertz CT molecular complexity index is 1210. The molecule has 0 unspecified atom stereocenters. The highest BCUT2D eigenvalue weighted by atomic mass is 15.2. The fraction of sp³-hybridized carbons (Fsp3) is 0.429. The number of nitrogens with two attached hydrogens (primary N) is 1. The van der Waals surface area contributed by atoms with Gasteiger partial charge in [0.1, 0.15) is 5.82 Å². The average Bonchev–Trinajstić information content (AvgIpc) is 2.99. The fourth-order valence-corrected chi connectivity index (χ4v) is 4.14. The molecule has 5 heteroatoms. The van der Waals surface area contributed by atoms with Gasteiger partial charge in [0.15, 0.2) is 5.96 Å². The Morgan fingerprint density at radius 2 is 1.50 bits per heavy atom. The Kier molecular flexibility index (Phi) is 17.7. The van der Waals surface area contributed by atoms with Gasteiger partial charge in [-0.1, -0.05) is 97.0 Å². The van der Waals surface area contributed by atoms with E-state index in [0.717, 1.165) is 34.6 Å². The van der Waals surface area contributed by atoms with Crippen molar-refractivity contribution in [2.45, 2.75) is 95.7 Å². The molecule has 0 saturated heterocycles. The van der Waals surface area contributed by atoms with Gasteiger partial charge in [-0.25, -0.2) is 9.98 Å². The first kappa shape index (κ1) is 36.4. The lowest BCUT2D eigenvalue weighted by atomic mass is 9.97. The van der Waals surface area contributed by atoms with Crippen molar-refractivity contribution < 1.29 is 0 Å². The third-order valence-electron chi connectivity index (χ3n) is 6.29. The van der Waals surface area contributed by atoms with Gasteiger partial charge in [0.2, 0.25) is 0 Å². The summed E-state index contributed by atoms with van der Waals surface area (Å²) in [5, 5.41) is 3.49. The Hall–Kier alpha value is -3.60. The predicted octanol–water partition coefficient (Wildman–Crippen LogP) is 8.99. The summed E-state index contributed by atoms with van der Waals surface area (Å²) in [7, 11) is 1.92. The van der Waals surface area contributed by atoms with Crippen molar-refractivity contribution in [3.05, 3.63) is 99.7 Å². The minimum atomic E-state index is 0.455. The molecule has 5 nitrogen and oxygen atoms in total. The summed E-state index contributed by atoms with van der Waals surface area (Å²) >= 11 is 0. The molecule has 0 radical (unpaired) electrons. The monoisotopic (exact) mass is 545 g/mol. The van der Waals surface area contributed by atoms with E-state index in [9.17, 15) is 0 Å². The first-order valence-corrected chi connectivity index (χ1v) is 14.8. The van der Waals surface area contributed by atoms with Gasteiger partial charge in [0.25, 0.3) is 0 Å². The zero-order valence-corrected chi connectivity index (χ0v) is 27.4. The summed E-state index contributed by atoms with van der Waals surface area (Å²) in [4.78, 5) is 11.1. The average molecular weight is 546 g/mol. The van der Waals surface area contributed by atoms with E-state index in [-0.39, 0.29) is 0 Å². The molecule has 1 heterocycles. The molecule has 0 bridgehead atoms. The van der Waals surface area contributed by atoms with Crippen molar-refractivity contribution in [1.29, 1.82) is 0 Å². The quantitative estimate of drug-likeness (QED) is 0.219. The largest absolute Gasteiger partial charge is 0.370 e. The van der Waals surface area contributed by atoms with Gasteiger partial charge in [0, 0.05) is 31.0 Å². The summed E-state index contributed by atoms with van der Waals surface area (Å²) in [5.74, 6) is 1.36.